The number of likely N-dealkylation sites (N-methyl/N-ethyl adjacent to an activating group) is 1. The third kappa shape index (κ3) is 2.77. The van der Waals surface area contributed by atoms with E-state index in [0.717, 1.165) is 29.7 Å². The normalized spacial score (nSPS) is 27.1. The molecular weight excluding hydrogens is 256 g/mol. The maximum Gasteiger partial charge on any atom is 0.0841 e. The molecule has 3 nitrogen and oxygen atoms in total. The van der Waals surface area contributed by atoms with Crippen molar-refractivity contribution in [2.75, 3.05) is 20.1 Å². The molecule has 1 aromatic rings. The van der Waals surface area contributed by atoms with Crippen LogP contribution in [0.25, 0.3) is 0 Å². The number of nitrogens with zero attached hydrogens (tertiary/aromatic N) is 2. The average molecular weight is 271 g/mol. The van der Waals surface area contributed by atoms with Crippen molar-refractivity contribution in [3.05, 3.63) is 28.5 Å². The lowest BCUT2D eigenvalue weighted by Gasteiger charge is -2.21. The highest BCUT2D eigenvalue weighted by Gasteiger charge is 2.34. The van der Waals surface area contributed by atoms with Gasteiger partial charge in [-0.3, -0.25) is 4.98 Å². The van der Waals surface area contributed by atoms with E-state index >= 15 is 0 Å². The summed E-state index contributed by atoms with van der Waals surface area (Å²) in [4.78, 5) is 6.44. The topological polar surface area (TPSA) is 36.4 Å². The van der Waals surface area contributed by atoms with Crippen molar-refractivity contribution in [1.29, 1.82) is 0 Å². The van der Waals surface area contributed by atoms with Gasteiger partial charge in [-0.25, -0.2) is 0 Å². The molecule has 0 aliphatic carbocycles. The number of hydrogen-bond donors (Lipinski definition) is 1. The van der Waals surface area contributed by atoms with Crippen molar-refractivity contribution in [3.8, 4) is 0 Å². The van der Waals surface area contributed by atoms with Crippen molar-refractivity contribution in [2.45, 2.75) is 18.4 Å². The van der Waals surface area contributed by atoms with E-state index in [9.17, 15) is 5.11 Å². The van der Waals surface area contributed by atoms with Crippen LogP contribution in [0.15, 0.2) is 22.8 Å². The molecular formula is C11H15BrN2O. The lowest BCUT2D eigenvalue weighted by Crippen LogP contribution is -2.34. The van der Waals surface area contributed by atoms with E-state index in [4.69, 9.17) is 0 Å². The third-order valence-electron chi connectivity index (χ3n) is 2.82. The first-order chi connectivity index (χ1) is 7.07. The molecule has 15 heavy (non-hydrogen) atoms. The van der Waals surface area contributed by atoms with Crippen LogP contribution in [0.4, 0.5) is 0 Å². The van der Waals surface area contributed by atoms with Crippen LogP contribution in [0.1, 0.15) is 12.1 Å². The average Bonchev–Trinajstić information content (AvgIpc) is 2.50. The summed E-state index contributed by atoms with van der Waals surface area (Å²) in [7, 11) is 2.03. The van der Waals surface area contributed by atoms with E-state index in [1.807, 2.05) is 19.2 Å². The monoisotopic (exact) mass is 270 g/mol. The molecule has 2 heterocycles. The minimum atomic E-state index is -0.588. The number of β-amino-alcohol motifs (C(OH)–C–C–N with tert-alkyl or cyclic N) is 1. The molecule has 0 spiro atoms. The van der Waals surface area contributed by atoms with Gasteiger partial charge >= 0.3 is 0 Å². The first kappa shape index (κ1) is 11.0. The van der Waals surface area contributed by atoms with Gasteiger partial charge in [-0.1, -0.05) is 0 Å². The molecule has 0 aromatic carbocycles. The lowest BCUT2D eigenvalue weighted by atomic mass is 9.96. The molecule has 4 heteroatoms. The number of aromatic nitrogens is 1. The van der Waals surface area contributed by atoms with E-state index in [0.29, 0.717) is 6.42 Å². The summed E-state index contributed by atoms with van der Waals surface area (Å²) in [5.41, 5.74) is 0.367. The third-order valence-corrected chi connectivity index (χ3v) is 3.29. The van der Waals surface area contributed by atoms with Gasteiger partial charge in [0.1, 0.15) is 0 Å². The standard InChI is InChI=1S/C11H15BrN2O/c1-14-5-4-11(15,8-14)6-10-3-2-9(12)7-13-10/h2-3,7,15H,4-6,8H2,1H3. The van der Waals surface area contributed by atoms with Crippen LogP contribution in [0.2, 0.25) is 0 Å². The maximum absolute atomic E-state index is 10.3. The smallest absolute Gasteiger partial charge is 0.0841 e. The van der Waals surface area contributed by atoms with Gasteiger partial charge in [0.05, 0.1) is 5.60 Å². The second kappa shape index (κ2) is 4.20. The fourth-order valence-electron chi connectivity index (χ4n) is 2.05. The first-order valence-corrected chi connectivity index (χ1v) is 5.88. The first-order valence-electron chi connectivity index (χ1n) is 5.09. The molecule has 0 radical (unpaired) electrons. The number of aliphatic hydroxyl groups is 1. The molecule has 0 saturated carbocycles. The predicted octanol–water partition coefficient (Wildman–Crippen LogP) is 1.45. The summed E-state index contributed by atoms with van der Waals surface area (Å²) in [6.45, 7) is 1.71. The van der Waals surface area contributed by atoms with Gasteiger partial charge in [-0.05, 0) is 41.5 Å². The van der Waals surface area contributed by atoms with Crippen molar-refractivity contribution in [3.63, 3.8) is 0 Å². The zero-order valence-corrected chi connectivity index (χ0v) is 10.4. The van der Waals surface area contributed by atoms with Crippen LogP contribution in [-0.4, -0.2) is 40.7 Å². The highest BCUT2D eigenvalue weighted by atomic mass is 79.9. The molecule has 1 aliphatic heterocycles. The van der Waals surface area contributed by atoms with E-state index in [1.54, 1.807) is 6.20 Å². The molecule has 1 aromatic heterocycles. The van der Waals surface area contributed by atoms with E-state index in [1.165, 1.54) is 0 Å². The zero-order chi connectivity index (χ0) is 10.9. The fourth-order valence-corrected chi connectivity index (χ4v) is 2.29. The highest BCUT2D eigenvalue weighted by Crippen LogP contribution is 2.24. The minimum Gasteiger partial charge on any atom is -0.388 e. The number of hydrogen-bond acceptors (Lipinski definition) is 3. The Morgan fingerprint density at radius 2 is 2.40 bits per heavy atom. The Labute approximate surface area is 98.3 Å². The van der Waals surface area contributed by atoms with E-state index in [-0.39, 0.29) is 0 Å². The molecule has 1 N–H and O–H groups in total. The Balaban J connectivity index is 2.05. The second-order valence-electron chi connectivity index (χ2n) is 4.36. The van der Waals surface area contributed by atoms with Gasteiger partial charge < -0.3 is 10.0 Å². The highest BCUT2D eigenvalue weighted by molar-refractivity contribution is 9.10. The van der Waals surface area contributed by atoms with Gasteiger partial charge in [-0.2, -0.15) is 0 Å². The molecule has 0 bridgehead atoms. The Hall–Kier alpha value is -0.450. The van der Waals surface area contributed by atoms with Crippen molar-refractivity contribution in [2.24, 2.45) is 0 Å². The Kier molecular flexibility index (Phi) is 3.09. The molecule has 2 rings (SSSR count). The lowest BCUT2D eigenvalue weighted by molar-refractivity contribution is 0.0514. The quantitative estimate of drug-likeness (QED) is 0.884. The SMILES string of the molecule is CN1CCC(O)(Cc2ccc(Br)cn2)C1. The summed E-state index contributed by atoms with van der Waals surface area (Å²) >= 11 is 3.35. The molecule has 0 amide bonds. The number of halogens is 1. The van der Waals surface area contributed by atoms with Crippen LogP contribution in [0, 0.1) is 0 Å². The van der Waals surface area contributed by atoms with Gasteiger partial charge in [-0.15, -0.1) is 0 Å². The Morgan fingerprint density at radius 1 is 1.60 bits per heavy atom. The van der Waals surface area contributed by atoms with Crippen LogP contribution < -0.4 is 0 Å². The van der Waals surface area contributed by atoms with Crippen molar-refractivity contribution >= 4 is 15.9 Å². The Bertz CT molecular complexity index is 341. The van der Waals surface area contributed by atoms with E-state index < -0.39 is 5.60 Å². The summed E-state index contributed by atoms with van der Waals surface area (Å²) < 4.78 is 0.974. The maximum atomic E-state index is 10.3. The number of rotatable bonds is 2. The predicted molar refractivity (Wildman–Crippen MR) is 62.7 cm³/mol. The fraction of sp³-hybridized carbons (Fsp3) is 0.545. The summed E-state index contributed by atoms with van der Waals surface area (Å²) in [5, 5.41) is 10.3. The molecule has 82 valence electrons. The van der Waals surface area contributed by atoms with Crippen LogP contribution in [0.5, 0.6) is 0 Å². The minimum absolute atomic E-state index is 0.588. The van der Waals surface area contributed by atoms with Crippen LogP contribution in [0.3, 0.4) is 0 Å². The zero-order valence-electron chi connectivity index (χ0n) is 8.78. The number of pyridine rings is 1. The second-order valence-corrected chi connectivity index (χ2v) is 5.27. The summed E-state index contributed by atoms with van der Waals surface area (Å²) in [6.07, 6.45) is 3.25. The van der Waals surface area contributed by atoms with E-state index in [2.05, 4.69) is 25.8 Å². The van der Waals surface area contributed by atoms with Gasteiger partial charge in [0.25, 0.3) is 0 Å². The largest absolute Gasteiger partial charge is 0.388 e. The molecule has 1 fully saturated rings. The summed E-state index contributed by atoms with van der Waals surface area (Å²) in [5.74, 6) is 0. The molecule has 1 unspecified atom stereocenters. The van der Waals surface area contributed by atoms with Gasteiger partial charge in [0.15, 0.2) is 0 Å². The molecule has 1 atom stereocenters. The van der Waals surface area contributed by atoms with Crippen LogP contribution in [-0.2, 0) is 6.42 Å². The molecule has 1 saturated heterocycles. The molecule has 1 aliphatic rings. The van der Waals surface area contributed by atoms with Crippen LogP contribution >= 0.6 is 15.9 Å². The number of likely N-dealkylation sites (tertiary alicyclic amines) is 1. The van der Waals surface area contributed by atoms with Crippen molar-refractivity contribution < 1.29 is 5.11 Å². The van der Waals surface area contributed by atoms with Gasteiger partial charge in [0, 0.05) is 35.9 Å². The Morgan fingerprint density at radius 3 is 2.93 bits per heavy atom. The van der Waals surface area contributed by atoms with Crippen molar-refractivity contribution in [1.82, 2.24) is 9.88 Å². The van der Waals surface area contributed by atoms with Gasteiger partial charge in [0.2, 0.25) is 0 Å². The summed E-state index contributed by atoms with van der Waals surface area (Å²) in [6, 6.07) is 3.92.